The third kappa shape index (κ3) is 4.83. The van der Waals surface area contributed by atoms with Crippen LogP contribution in [0.5, 0.6) is 5.75 Å². The van der Waals surface area contributed by atoms with Crippen LogP contribution in [0.2, 0.25) is 0 Å². The Morgan fingerprint density at radius 1 is 1.14 bits per heavy atom. The number of esters is 1. The van der Waals surface area contributed by atoms with Gasteiger partial charge >= 0.3 is 5.97 Å². The molecular weight excluding hydrogens is 380 g/mol. The molecule has 1 aliphatic heterocycles. The highest BCUT2D eigenvalue weighted by Crippen LogP contribution is 2.37. The average molecular weight is 400 g/mol. The Kier molecular flexibility index (Phi) is 6.20. The second-order valence-corrected chi connectivity index (χ2v) is 7.42. The molecule has 3 rings (SSSR count). The number of thioether (sulfide) groups is 1. The van der Waals surface area contributed by atoms with Crippen molar-refractivity contribution in [2.45, 2.75) is 23.5 Å². The number of fused-ring (bicyclic) bond motifs is 1. The van der Waals surface area contributed by atoms with Crippen LogP contribution in [0, 0.1) is 0 Å². The quantitative estimate of drug-likeness (QED) is 0.725. The van der Waals surface area contributed by atoms with Crippen LogP contribution in [0.1, 0.15) is 12.5 Å². The van der Waals surface area contributed by atoms with Gasteiger partial charge in [-0.3, -0.25) is 14.4 Å². The molecule has 2 aromatic carbocycles. The van der Waals surface area contributed by atoms with Crippen molar-refractivity contribution in [3.8, 4) is 5.75 Å². The van der Waals surface area contributed by atoms with Gasteiger partial charge in [0.05, 0.1) is 12.8 Å². The minimum Gasteiger partial charge on any atom is -0.495 e. The monoisotopic (exact) mass is 400 g/mol. The Morgan fingerprint density at radius 3 is 2.64 bits per heavy atom. The standard InChI is InChI=1S/C20H20N2O5S/c1-12(23)21-14-7-8-16(26-2)15(10-14)22-19(24)11-27-20(25)18-9-13-5-3-4-6-17(13)28-18/h3-8,10,18H,9,11H2,1-2H3,(H,21,23)(H,22,24). The predicted octanol–water partition coefficient (Wildman–Crippen LogP) is 2.85. The minimum absolute atomic E-state index is 0.230. The molecule has 28 heavy (non-hydrogen) atoms. The molecule has 2 amide bonds. The molecule has 1 heterocycles. The zero-order chi connectivity index (χ0) is 20.1. The first kappa shape index (κ1) is 19.8. The molecule has 0 aliphatic carbocycles. The molecule has 2 N–H and O–H groups in total. The van der Waals surface area contributed by atoms with Gasteiger partial charge in [0, 0.05) is 17.5 Å². The van der Waals surface area contributed by atoms with E-state index in [-0.39, 0.29) is 11.2 Å². The number of anilines is 2. The average Bonchev–Trinajstić information content (AvgIpc) is 3.10. The van der Waals surface area contributed by atoms with Crippen LogP contribution in [-0.2, 0) is 25.5 Å². The Hall–Kier alpha value is -3.00. The van der Waals surface area contributed by atoms with Crippen LogP contribution in [0.25, 0.3) is 0 Å². The third-order valence-electron chi connectivity index (χ3n) is 4.05. The van der Waals surface area contributed by atoms with Gasteiger partial charge in [-0.2, -0.15) is 0 Å². The molecule has 146 valence electrons. The fourth-order valence-corrected chi connectivity index (χ4v) is 4.01. The topological polar surface area (TPSA) is 93.7 Å². The molecule has 0 saturated heterocycles. The van der Waals surface area contributed by atoms with E-state index in [1.165, 1.54) is 25.8 Å². The zero-order valence-electron chi connectivity index (χ0n) is 15.5. The van der Waals surface area contributed by atoms with E-state index in [2.05, 4.69) is 10.6 Å². The number of nitrogens with one attached hydrogen (secondary N) is 2. The highest BCUT2D eigenvalue weighted by molar-refractivity contribution is 8.01. The number of hydrogen-bond donors (Lipinski definition) is 2. The van der Waals surface area contributed by atoms with E-state index in [0.717, 1.165) is 10.5 Å². The second kappa shape index (κ2) is 8.79. The lowest BCUT2D eigenvalue weighted by Crippen LogP contribution is -2.26. The number of hydrogen-bond acceptors (Lipinski definition) is 6. The SMILES string of the molecule is COc1ccc(NC(C)=O)cc1NC(=O)COC(=O)C1Cc2ccccc2S1. The summed E-state index contributed by atoms with van der Waals surface area (Å²) in [7, 11) is 1.47. The number of rotatable bonds is 6. The summed E-state index contributed by atoms with van der Waals surface area (Å²) in [6, 6.07) is 12.7. The molecule has 0 bridgehead atoms. The molecule has 0 fully saturated rings. The van der Waals surface area contributed by atoms with Crippen molar-refractivity contribution >= 4 is 40.9 Å². The number of ether oxygens (including phenoxy) is 2. The maximum absolute atomic E-state index is 12.3. The minimum atomic E-state index is -0.493. The highest BCUT2D eigenvalue weighted by Gasteiger charge is 2.29. The summed E-state index contributed by atoms with van der Waals surface area (Å²) in [6.45, 7) is 0.987. The maximum Gasteiger partial charge on any atom is 0.320 e. The number of benzene rings is 2. The molecule has 2 aromatic rings. The van der Waals surface area contributed by atoms with E-state index in [9.17, 15) is 14.4 Å². The molecule has 0 radical (unpaired) electrons. The molecule has 0 saturated carbocycles. The summed E-state index contributed by atoms with van der Waals surface area (Å²) >= 11 is 1.45. The fourth-order valence-electron chi connectivity index (χ4n) is 2.82. The van der Waals surface area contributed by atoms with E-state index in [4.69, 9.17) is 9.47 Å². The number of amides is 2. The Labute approximate surface area is 166 Å². The van der Waals surface area contributed by atoms with Gasteiger partial charge in [-0.25, -0.2) is 0 Å². The van der Waals surface area contributed by atoms with Crippen LogP contribution >= 0.6 is 11.8 Å². The van der Waals surface area contributed by atoms with E-state index in [1.807, 2.05) is 24.3 Å². The van der Waals surface area contributed by atoms with Crippen LogP contribution in [0.3, 0.4) is 0 Å². The van der Waals surface area contributed by atoms with Crippen molar-refractivity contribution in [2.24, 2.45) is 0 Å². The first-order valence-electron chi connectivity index (χ1n) is 8.63. The second-order valence-electron chi connectivity index (χ2n) is 6.17. The third-order valence-corrected chi connectivity index (χ3v) is 5.35. The lowest BCUT2D eigenvalue weighted by Gasteiger charge is -2.13. The Balaban J connectivity index is 1.56. The van der Waals surface area contributed by atoms with Gasteiger partial charge in [0.2, 0.25) is 5.91 Å². The Bertz CT molecular complexity index is 890. The molecule has 1 atom stereocenters. The van der Waals surface area contributed by atoms with E-state index in [0.29, 0.717) is 23.5 Å². The summed E-state index contributed by atoms with van der Waals surface area (Å²) in [4.78, 5) is 36.7. The molecule has 0 spiro atoms. The summed E-state index contributed by atoms with van der Waals surface area (Å²) in [6.07, 6.45) is 0.591. The first-order chi connectivity index (χ1) is 13.5. The van der Waals surface area contributed by atoms with Crippen molar-refractivity contribution < 1.29 is 23.9 Å². The van der Waals surface area contributed by atoms with Crippen LogP contribution < -0.4 is 15.4 Å². The fraction of sp³-hybridized carbons (Fsp3) is 0.250. The van der Waals surface area contributed by atoms with Crippen LogP contribution in [-0.4, -0.2) is 36.8 Å². The lowest BCUT2D eigenvalue weighted by atomic mass is 10.1. The summed E-state index contributed by atoms with van der Waals surface area (Å²) < 4.78 is 10.4. The normalized spacial score (nSPS) is 14.7. The van der Waals surface area contributed by atoms with Gasteiger partial charge in [-0.05, 0) is 36.2 Å². The number of carbonyl (C=O) groups excluding carboxylic acids is 3. The van der Waals surface area contributed by atoms with Gasteiger partial charge in [0.25, 0.3) is 5.91 Å². The summed E-state index contributed by atoms with van der Waals surface area (Å²) in [5.41, 5.74) is 2.00. The van der Waals surface area contributed by atoms with E-state index < -0.39 is 18.5 Å². The van der Waals surface area contributed by atoms with E-state index in [1.54, 1.807) is 18.2 Å². The number of methoxy groups -OCH3 is 1. The van der Waals surface area contributed by atoms with Crippen molar-refractivity contribution in [3.05, 3.63) is 48.0 Å². The molecule has 7 nitrogen and oxygen atoms in total. The zero-order valence-corrected chi connectivity index (χ0v) is 16.3. The molecule has 1 unspecified atom stereocenters. The molecular formula is C20H20N2O5S. The smallest absolute Gasteiger partial charge is 0.320 e. The summed E-state index contributed by atoms with van der Waals surface area (Å²) in [5, 5.41) is 4.93. The van der Waals surface area contributed by atoms with Crippen LogP contribution in [0.15, 0.2) is 47.4 Å². The van der Waals surface area contributed by atoms with Gasteiger partial charge < -0.3 is 20.1 Å². The molecule has 0 aromatic heterocycles. The van der Waals surface area contributed by atoms with Gasteiger partial charge in [0.1, 0.15) is 11.0 Å². The molecule has 8 heteroatoms. The largest absolute Gasteiger partial charge is 0.495 e. The van der Waals surface area contributed by atoms with Gasteiger partial charge in [-0.15, -0.1) is 11.8 Å². The highest BCUT2D eigenvalue weighted by atomic mass is 32.2. The molecule has 1 aliphatic rings. The van der Waals surface area contributed by atoms with E-state index >= 15 is 0 Å². The van der Waals surface area contributed by atoms with Crippen molar-refractivity contribution in [2.75, 3.05) is 24.4 Å². The summed E-state index contributed by atoms with van der Waals surface area (Å²) in [5.74, 6) is -0.718. The van der Waals surface area contributed by atoms with Crippen molar-refractivity contribution in [1.82, 2.24) is 0 Å². The van der Waals surface area contributed by atoms with Crippen molar-refractivity contribution in [3.63, 3.8) is 0 Å². The van der Waals surface area contributed by atoms with Crippen LogP contribution in [0.4, 0.5) is 11.4 Å². The maximum atomic E-state index is 12.3. The number of carbonyl (C=O) groups is 3. The van der Waals surface area contributed by atoms with Crippen molar-refractivity contribution in [1.29, 1.82) is 0 Å². The Morgan fingerprint density at radius 2 is 1.93 bits per heavy atom. The van der Waals surface area contributed by atoms with Gasteiger partial charge in [0.15, 0.2) is 6.61 Å². The lowest BCUT2D eigenvalue weighted by molar-refractivity contribution is -0.146. The first-order valence-corrected chi connectivity index (χ1v) is 9.51. The predicted molar refractivity (Wildman–Crippen MR) is 107 cm³/mol. The van der Waals surface area contributed by atoms with Gasteiger partial charge in [-0.1, -0.05) is 18.2 Å².